The maximum atomic E-state index is 2.36. The van der Waals surface area contributed by atoms with Gasteiger partial charge in [-0.3, -0.25) is 0 Å². The second-order valence-corrected chi connectivity index (χ2v) is 13.4. The van der Waals surface area contributed by atoms with Gasteiger partial charge < -0.3 is 4.90 Å². The van der Waals surface area contributed by atoms with Crippen LogP contribution in [0.1, 0.15) is 0 Å². The standard InChI is InChI=1S/C52H37N/c1-4-14-38(15-5-1)44-22-12-23-48(36-44)53(47-33-28-43(29-34-47)50-25-13-21-41-20-10-11-24-49(41)50)46-31-26-39(27-32-46)45-30-35-51(40-16-6-2-7-17-40)52(37-45)42-18-8-3-9-19-42/h1-37H. The smallest absolute Gasteiger partial charge is 0.0467 e. The molecular formula is C52H37N. The van der Waals surface area contributed by atoms with Crippen LogP contribution in [0.25, 0.3) is 66.4 Å². The van der Waals surface area contributed by atoms with Crippen LogP contribution in [0.2, 0.25) is 0 Å². The fourth-order valence-corrected chi connectivity index (χ4v) is 7.42. The van der Waals surface area contributed by atoms with Crippen LogP contribution in [0.15, 0.2) is 224 Å². The van der Waals surface area contributed by atoms with E-state index in [4.69, 9.17) is 0 Å². The molecule has 0 bridgehead atoms. The van der Waals surface area contributed by atoms with Gasteiger partial charge in [0.1, 0.15) is 0 Å². The topological polar surface area (TPSA) is 3.24 Å². The number of fused-ring (bicyclic) bond motifs is 1. The van der Waals surface area contributed by atoms with Gasteiger partial charge in [0.05, 0.1) is 0 Å². The Labute approximate surface area is 311 Å². The van der Waals surface area contributed by atoms with E-state index in [2.05, 4.69) is 229 Å². The molecule has 0 fully saturated rings. The summed E-state index contributed by atoms with van der Waals surface area (Å²) in [6.45, 7) is 0. The Hall–Kier alpha value is -6.96. The van der Waals surface area contributed by atoms with Gasteiger partial charge in [0.25, 0.3) is 0 Å². The Morgan fingerprint density at radius 1 is 0.226 bits per heavy atom. The summed E-state index contributed by atoms with van der Waals surface area (Å²) in [4.78, 5) is 2.36. The minimum atomic E-state index is 1.10. The van der Waals surface area contributed by atoms with E-state index in [0.717, 1.165) is 17.1 Å². The molecule has 0 amide bonds. The molecule has 9 rings (SSSR count). The van der Waals surface area contributed by atoms with E-state index in [-0.39, 0.29) is 0 Å². The van der Waals surface area contributed by atoms with Gasteiger partial charge >= 0.3 is 0 Å². The first-order valence-corrected chi connectivity index (χ1v) is 18.2. The van der Waals surface area contributed by atoms with Crippen molar-refractivity contribution in [2.45, 2.75) is 0 Å². The van der Waals surface area contributed by atoms with E-state index < -0.39 is 0 Å². The van der Waals surface area contributed by atoms with Crippen LogP contribution in [0.4, 0.5) is 17.1 Å². The molecule has 0 saturated carbocycles. The van der Waals surface area contributed by atoms with Gasteiger partial charge in [-0.15, -0.1) is 0 Å². The normalized spacial score (nSPS) is 11.0. The molecule has 0 atom stereocenters. The quantitative estimate of drug-likeness (QED) is 0.155. The average molecular weight is 676 g/mol. The van der Waals surface area contributed by atoms with Crippen molar-refractivity contribution in [1.82, 2.24) is 0 Å². The van der Waals surface area contributed by atoms with Crippen LogP contribution in [0.3, 0.4) is 0 Å². The lowest BCUT2D eigenvalue weighted by Crippen LogP contribution is -2.10. The van der Waals surface area contributed by atoms with Crippen molar-refractivity contribution >= 4 is 27.8 Å². The summed E-state index contributed by atoms with van der Waals surface area (Å²) in [6, 6.07) is 80.8. The van der Waals surface area contributed by atoms with Crippen molar-refractivity contribution < 1.29 is 0 Å². The van der Waals surface area contributed by atoms with Crippen LogP contribution < -0.4 is 4.90 Å². The third-order valence-electron chi connectivity index (χ3n) is 10.1. The van der Waals surface area contributed by atoms with E-state index in [1.165, 1.54) is 66.4 Å². The minimum Gasteiger partial charge on any atom is -0.310 e. The summed E-state index contributed by atoms with van der Waals surface area (Å²) in [7, 11) is 0. The van der Waals surface area contributed by atoms with Gasteiger partial charge in [0.15, 0.2) is 0 Å². The Bertz CT molecular complexity index is 2620. The van der Waals surface area contributed by atoms with Gasteiger partial charge in [0, 0.05) is 17.1 Å². The molecule has 53 heavy (non-hydrogen) atoms. The van der Waals surface area contributed by atoms with Gasteiger partial charge in [-0.2, -0.15) is 0 Å². The van der Waals surface area contributed by atoms with Crippen molar-refractivity contribution in [3.05, 3.63) is 224 Å². The van der Waals surface area contributed by atoms with E-state index in [1.807, 2.05) is 0 Å². The molecule has 0 radical (unpaired) electrons. The third-order valence-corrected chi connectivity index (χ3v) is 10.1. The summed E-state index contributed by atoms with van der Waals surface area (Å²) in [5, 5.41) is 2.51. The monoisotopic (exact) mass is 675 g/mol. The predicted octanol–water partition coefficient (Wildman–Crippen LogP) is 14.6. The highest BCUT2D eigenvalue weighted by atomic mass is 15.1. The zero-order valence-electron chi connectivity index (χ0n) is 29.3. The van der Waals surface area contributed by atoms with Gasteiger partial charge in [-0.1, -0.05) is 182 Å². The summed E-state index contributed by atoms with van der Waals surface area (Å²) in [6.07, 6.45) is 0. The van der Waals surface area contributed by atoms with E-state index in [1.54, 1.807) is 0 Å². The number of hydrogen-bond donors (Lipinski definition) is 0. The first kappa shape index (κ1) is 32.0. The molecular weight excluding hydrogens is 639 g/mol. The van der Waals surface area contributed by atoms with Crippen LogP contribution in [0, 0.1) is 0 Å². The highest BCUT2D eigenvalue weighted by molar-refractivity contribution is 5.97. The SMILES string of the molecule is c1ccc(-c2cccc(N(c3ccc(-c4ccc(-c5ccccc5)c(-c5ccccc5)c4)cc3)c3ccc(-c4cccc5ccccc45)cc3)c2)cc1. The molecule has 0 saturated heterocycles. The molecule has 1 nitrogen and oxygen atoms in total. The fraction of sp³-hybridized carbons (Fsp3) is 0. The van der Waals surface area contributed by atoms with Crippen LogP contribution in [0.5, 0.6) is 0 Å². The zero-order valence-corrected chi connectivity index (χ0v) is 29.3. The van der Waals surface area contributed by atoms with Crippen molar-refractivity contribution in [3.63, 3.8) is 0 Å². The molecule has 0 N–H and O–H groups in total. The first-order chi connectivity index (χ1) is 26.3. The number of anilines is 3. The number of rotatable bonds is 8. The highest BCUT2D eigenvalue weighted by Crippen LogP contribution is 2.40. The average Bonchev–Trinajstić information content (AvgIpc) is 3.25. The van der Waals surface area contributed by atoms with E-state index >= 15 is 0 Å². The van der Waals surface area contributed by atoms with Crippen molar-refractivity contribution in [2.24, 2.45) is 0 Å². The minimum absolute atomic E-state index is 1.10. The zero-order chi connectivity index (χ0) is 35.4. The number of benzene rings is 9. The molecule has 0 aliphatic heterocycles. The van der Waals surface area contributed by atoms with Gasteiger partial charge in [-0.05, 0) is 109 Å². The lowest BCUT2D eigenvalue weighted by atomic mass is 9.91. The summed E-state index contributed by atoms with van der Waals surface area (Å²) in [5.74, 6) is 0. The van der Waals surface area contributed by atoms with Crippen molar-refractivity contribution in [2.75, 3.05) is 4.90 Å². The summed E-state index contributed by atoms with van der Waals surface area (Å²) >= 11 is 0. The molecule has 250 valence electrons. The Morgan fingerprint density at radius 3 is 1.36 bits per heavy atom. The molecule has 0 aliphatic rings. The molecule has 9 aromatic carbocycles. The molecule has 0 unspecified atom stereocenters. The van der Waals surface area contributed by atoms with Crippen LogP contribution >= 0.6 is 0 Å². The predicted molar refractivity (Wildman–Crippen MR) is 226 cm³/mol. The molecule has 0 aliphatic carbocycles. The number of hydrogen-bond acceptors (Lipinski definition) is 1. The van der Waals surface area contributed by atoms with Gasteiger partial charge in [0.2, 0.25) is 0 Å². The Kier molecular flexibility index (Phi) is 8.66. The second kappa shape index (κ2) is 14.3. The van der Waals surface area contributed by atoms with Crippen molar-refractivity contribution in [1.29, 1.82) is 0 Å². The maximum absolute atomic E-state index is 2.36. The third kappa shape index (κ3) is 6.53. The van der Waals surface area contributed by atoms with E-state index in [0.29, 0.717) is 0 Å². The molecule has 0 heterocycles. The largest absolute Gasteiger partial charge is 0.310 e. The number of nitrogens with zero attached hydrogens (tertiary/aromatic N) is 1. The van der Waals surface area contributed by atoms with Crippen LogP contribution in [-0.4, -0.2) is 0 Å². The first-order valence-electron chi connectivity index (χ1n) is 18.2. The van der Waals surface area contributed by atoms with E-state index in [9.17, 15) is 0 Å². The lowest BCUT2D eigenvalue weighted by Gasteiger charge is -2.26. The summed E-state index contributed by atoms with van der Waals surface area (Å²) < 4.78 is 0. The molecule has 1 heteroatoms. The molecule has 9 aromatic rings. The fourth-order valence-electron chi connectivity index (χ4n) is 7.42. The second-order valence-electron chi connectivity index (χ2n) is 13.4. The van der Waals surface area contributed by atoms with Crippen molar-refractivity contribution in [3.8, 4) is 55.6 Å². The van der Waals surface area contributed by atoms with Gasteiger partial charge in [-0.25, -0.2) is 0 Å². The maximum Gasteiger partial charge on any atom is 0.0467 e. The lowest BCUT2D eigenvalue weighted by molar-refractivity contribution is 1.28. The Balaban J connectivity index is 1.12. The summed E-state index contributed by atoms with van der Waals surface area (Å²) in [5.41, 5.74) is 15.4. The Morgan fingerprint density at radius 2 is 0.679 bits per heavy atom. The molecule has 0 spiro atoms. The highest BCUT2D eigenvalue weighted by Gasteiger charge is 2.16. The molecule has 0 aromatic heterocycles. The van der Waals surface area contributed by atoms with Crippen LogP contribution in [-0.2, 0) is 0 Å².